The number of rotatable bonds is 2. The Morgan fingerprint density at radius 2 is 2.33 bits per heavy atom. The lowest BCUT2D eigenvalue weighted by molar-refractivity contribution is -0.113. The van der Waals surface area contributed by atoms with Gasteiger partial charge in [0.1, 0.15) is 0 Å². The van der Waals surface area contributed by atoms with Gasteiger partial charge >= 0.3 is 0 Å². The van der Waals surface area contributed by atoms with Gasteiger partial charge in [-0.2, -0.15) is 0 Å². The van der Waals surface area contributed by atoms with Gasteiger partial charge in [-0.1, -0.05) is 11.9 Å². The topological polar surface area (TPSA) is 20.3 Å². The maximum atomic E-state index is 9.64. The van der Waals surface area contributed by atoms with E-state index in [0.717, 1.165) is 6.41 Å². The molecule has 0 aliphatic rings. The third-order valence-corrected chi connectivity index (χ3v) is 1.10. The summed E-state index contributed by atoms with van der Waals surface area (Å²) in [6, 6.07) is 0. The number of carbonyl (C=O) groups excluding carboxylic acids is 1. The van der Waals surface area contributed by atoms with E-state index in [4.69, 9.17) is 0 Å². The van der Waals surface area contributed by atoms with Crippen molar-refractivity contribution >= 4 is 18.4 Å². The van der Waals surface area contributed by atoms with Crippen LogP contribution in [-0.2, 0) is 4.79 Å². The van der Waals surface area contributed by atoms with Crippen molar-refractivity contribution in [1.82, 2.24) is 4.31 Å². The van der Waals surface area contributed by atoms with E-state index < -0.39 is 0 Å². The zero-order valence-corrected chi connectivity index (χ0v) is 4.66. The molecular formula is C3H7NOS. The van der Waals surface area contributed by atoms with Crippen LogP contribution in [0, 0.1) is 0 Å². The molecule has 2 nitrogen and oxygen atoms in total. The largest absolute Gasteiger partial charge is 0.292 e. The van der Waals surface area contributed by atoms with Crippen molar-refractivity contribution in [2.24, 2.45) is 0 Å². The average molecular weight is 105 g/mol. The van der Waals surface area contributed by atoms with Crippen LogP contribution in [0.5, 0.6) is 0 Å². The zero-order valence-electron chi connectivity index (χ0n) is 3.84. The summed E-state index contributed by atoms with van der Waals surface area (Å²) in [6.07, 6.45) is 2.61. The van der Waals surface area contributed by atoms with Gasteiger partial charge < -0.3 is 0 Å². The van der Waals surface area contributed by atoms with Gasteiger partial charge in [0.05, 0.1) is 0 Å². The van der Waals surface area contributed by atoms with Gasteiger partial charge in [0.2, 0.25) is 6.41 Å². The average Bonchev–Trinajstić information content (AvgIpc) is 1.65. The highest BCUT2D eigenvalue weighted by molar-refractivity contribution is 7.96. The summed E-state index contributed by atoms with van der Waals surface area (Å²) in [7, 11) is 1.71. The van der Waals surface area contributed by atoms with Gasteiger partial charge in [0.15, 0.2) is 0 Å². The SMILES string of the molecule is CSN(C)C=O. The maximum Gasteiger partial charge on any atom is 0.219 e. The predicted octanol–water partition coefficient (Wildman–Crippen LogP) is 0.353. The van der Waals surface area contributed by atoms with Gasteiger partial charge in [-0.15, -0.1) is 0 Å². The minimum Gasteiger partial charge on any atom is -0.292 e. The molecule has 36 valence electrons. The number of carbonyl (C=O) groups is 1. The third-order valence-electron chi connectivity index (χ3n) is 0.436. The quantitative estimate of drug-likeness (QED) is 0.373. The van der Waals surface area contributed by atoms with Gasteiger partial charge in [-0.05, 0) is 0 Å². The lowest BCUT2D eigenvalue weighted by atomic mass is 11.2. The Labute approximate surface area is 41.6 Å². The molecule has 0 rings (SSSR count). The number of nitrogens with zero attached hydrogens (tertiary/aromatic N) is 1. The van der Waals surface area contributed by atoms with Crippen molar-refractivity contribution in [2.45, 2.75) is 0 Å². The Kier molecular flexibility index (Phi) is 2.94. The third kappa shape index (κ3) is 2.08. The summed E-state index contributed by atoms with van der Waals surface area (Å²) in [5.74, 6) is 0. The van der Waals surface area contributed by atoms with Gasteiger partial charge in [0.25, 0.3) is 0 Å². The van der Waals surface area contributed by atoms with Crippen molar-refractivity contribution in [3.8, 4) is 0 Å². The van der Waals surface area contributed by atoms with Crippen LogP contribution < -0.4 is 0 Å². The highest BCUT2D eigenvalue weighted by Gasteiger charge is 1.80. The van der Waals surface area contributed by atoms with Gasteiger partial charge in [0, 0.05) is 13.3 Å². The van der Waals surface area contributed by atoms with Gasteiger partial charge in [-0.3, -0.25) is 9.10 Å². The Morgan fingerprint density at radius 1 is 1.83 bits per heavy atom. The normalized spacial score (nSPS) is 7.67. The van der Waals surface area contributed by atoms with Crippen molar-refractivity contribution in [2.75, 3.05) is 13.3 Å². The predicted molar refractivity (Wildman–Crippen MR) is 27.3 cm³/mol. The standard InChI is InChI=1S/C3H7NOS/c1-4(3-5)6-2/h3H,1-2H3. The minimum atomic E-state index is 0.769. The van der Waals surface area contributed by atoms with Crippen LogP contribution in [0.3, 0.4) is 0 Å². The smallest absolute Gasteiger partial charge is 0.219 e. The van der Waals surface area contributed by atoms with Crippen LogP contribution in [-0.4, -0.2) is 24.0 Å². The van der Waals surface area contributed by atoms with Crippen LogP contribution in [0.4, 0.5) is 0 Å². The fraction of sp³-hybridized carbons (Fsp3) is 0.667. The molecule has 0 unspecified atom stereocenters. The Balaban J connectivity index is 2.96. The molecule has 0 atom stereocenters. The first kappa shape index (κ1) is 5.82. The molecule has 0 aliphatic heterocycles. The molecule has 0 fully saturated rings. The molecule has 0 aromatic heterocycles. The van der Waals surface area contributed by atoms with E-state index >= 15 is 0 Å². The molecule has 0 heterocycles. The van der Waals surface area contributed by atoms with Crippen molar-refractivity contribution in [3.05, 3.63) is 0 Å². The van der Waals surface area contributed by atoms with E-state index in [1.54, 1.807) is 7.05 Å². The highest BCUT2D eigenvalue weighted by atomic mass is 32.2. The molecule has 0 saturated heterocycles. The van der Waals surface area contributed by atoms with Crippen LogP contribution in [0.2, 0.25) is 0 Å². The molecule has 6 heavy (non-hydrogen) atoms. The summed E-state index contributed by atoms with van der Waals surface area (Å²) in [5.41, 5.74) is 0. The van der Waals surface area contributed by atoms with E-state index in [9.17, 15) is 4.79 Å². The summed E-state index contributed by atoms with van der Waals surface area (Å²) in [6.45, 7) is 0. The molecule has 0 radical (unpaired) electrons. The maximum absolute atomic E-state index is 9.64. The van der Waals surface area contributed by atoms with E-state index in [2.05, 4.69) is 0 Å². The molecule has 1 amide bonds. The van der Waals surface area contributed by atoms with Crippen LogP contribution in [0.15, 0.2) is 0 Å². The summed E-state index contributed by atoms with van der Waals surface area (Å²) >= 11 is 1.39. The lowest BCUT2D eigenvalue weighted by Crippen LogP contribution is -2.02. The molecule has 0 aromatic rings. The van der Waals surface area contributed by atoms with Crippen molar-refractivity contribution in [1.29, 1.82) is 0 Å². The Bertz CT molecular complexity index is 48.1. The second kappa shape index (κ2) is 3.03. The van der Waals surface area contributed by atoms with Crippen LogP contribution in [0.25, 0.3) is 0 Å². The second-order valence-electron chi connectivity index (χ2n) is 0.834. The summed E-state index contributed by atoms with van der Waals surface area (Å²) < 4.78 is 1.49. The van der Waals surface area contributed by atoms with Crippen LogP contribution in [0.1, 0.15) is 0 Å². The van der Waals surface area contributed by atoms with E-state index in [0.29, 0.717) is 0 Å². The minimum absolute atomic E-state index is 0.769. The van der Waals surface area contributed by atoms with Crippen LogP contribution >= 0.6 is 11.9 Å². The molecule has 3 heteroatoms. The first-order valence-corrected chi connectivity index (χ1v) is 2.71. The monoisotopic (exact) mass is 105 g/mol. The van der Waals surface area contributed by atoms with Crippen molar-refractivity contribution < 1.29 is 4.79 Å². The molecule has 0 bridgehead atoms. The number of amides is 1. The Morgan fingerprint density at radius 3 is 2.33 bits per heavy atom. The lowest BCUT2D eigenvalue weighted by Gasteiger charge is -2.00. The Hall–Kier alpha value is -0.180. The van der Waals surface area contributed by atoms with E-state index in [1.807, 2.05) is 6.26 Å². The second-order valence-corrected chi connectivity index (χ2v) is 1.78. The molecular weight excluding hydrogens is 98.1 g/mol. The highest BCUT2D eigenvalue weighted by Crippen LogP contribution is 1.92. The molecule has 0 spiro atoms. The summed E-state index contributed by atoms with van der Waals surface area (Å²) in [5, 5.41) is 0. The molecule has 0 saturated carbocycles. The first-order valence-electron chi connectivity index (χ1n) is 1.53. The van der Waals surface area contributed by atoms with E-state index in [1.165, 1.54) is 16.3 Å². The number of hydrogen-bond acceptors (Lipinski definition) is 2. The fourth-order valence-corrected chi connectivity index (χ4v) is 0.129. The first-order chi connectivity index (χ1) is 2.81. The molecule has 0 N–H and O–H groups in total. The van der Waals surface area contributed by atoms with Crippen molar-refractivity contribution in [3.63, 3.8) is 0 Å². The molecule has 0 aliphatic carbocycles. The van der Waals surface area contributed by atoms with Gasteiger partial charge in [-0.25, -0.2) is 0 Å². The fourth-order valence-electron chi connectivity index (χ4n) is 0.0430. The number of hydrogen-bond donors (Lipinski definition) is 0. The van der Waals surface area contributed by atoms with E-state index in [-0.39, 0.29) is 0 Å². The zero-order chi connectivity index (χ0) is 4.99. The molecule has 0 aromatic carbocycles. The summed E-state index contributed by atoms with van der Waals surface area (Å²) in [4.78, 5) is 9.64.